The minimum Gasteiger partial charge on any atom is -0.317 e. The van der Waals surface area contributed by atoms with Crippen molar-refractivity contribution in [2.24, 2.45) is 5.92 Å². The Bertz CT molecular complexity index is 169. The summed E-state index contributed by atoms with van der Waals surface area (Å²) in [6.45, 7) is 4.81. The fourth-order valence-electron chi connectivity index (χ4n) is 3.32. The third-order valence-electron chi connectivity index (χ3n) is 4.65. The van der Waals surface area contributed by atoms with E-state index in [9.17, 15) is 0 Å². The lowest BCUT2D eigenvalue weighted by molar-refractivity contribution is 0.360. The Morgan fingerprint density at radius 3 is 2.26 bits per heavy atom. The molecule has 1 heteroatoms. The maximum atomic E-state index is 3.57. The molecule has 1 aliphatic rings. The Morgan fingerprint density at radius 2 is 1.42 bits per heavy atom. The summed E-state index contributed by atoms with van der Waals surface area (Å²) in [5, 5.41) is 3.57. The summed E-state index contributed by atoms with van der Waals surface area (Å²) >= 11 is 0. The van der Waals surface area contributed by atoms with Crippen LogP contribution in [0.5, 0.6) is 0 Å². The van der Waals surface area contributed by atoms with Crippen LogP contribution in [0.1, 0.15) is 96.8 Å². The molecule has 1 fully saturated rings. The first-order valence-electron chi connectivity index (χ1n) is 9.14. The molecule has 0 spiro atoms. The fraction of sp³-hybridized carbons (Fsp3) is 1.00. The van der Waals surface area contributed by atoms with Crippen molar-refractivity contribution in [1.82, 2.24) is 5.32 Å². The zero-order chi connectivity index (χ0) is 13.6. The van der Waals surface area contributed by atoms with Crippen molar-refractivity contribution < 1.29 is 0 Å². The van der Waals surface area contributed by atoms with E-state index in [1.807, 2.05) is 0 Å². The molecule has 1 aliphatic heterocycles. The van der Waals surface area contributed by atoms with E-state index in [2.05, 4.69) is 12.2 Å². The van der Waals surface area contributed by atoms with Crippen LogP contribution >= 0.6 is 0 Å². The summed E-state index contributed by atoms with van der Waals surface area (Å²) in [4.78, 5) is 0. The smallest absolute Gasteiger partial charge is 0.00488 e. The maximum absolute atomic E-state index is 3.57. The van der Waals surface area contributed by atoms with Gasteiger partial charge in [0, 0.05) is 0 Å². The summed E-state index contributed by atoms with van der Waals surface area (Å²) < 4.78 is 0. The van der Waals surface area contributed by atoms with Crippen LogP contribution < -0.4 is 5.32 Å². The SMILES string of the molecule is CCCCCCCCC[C@H]1CCCCCNCCC1. The van der Waals surface area contributed by atoms with Crippen LogP contribution in [0.3, 0.4) is 0 Å². The maximum Gasteiger partial charge on any atom is -0.00488 e. The highest BCUT2D eigenvalue weighted by atomic mass is 14.8. The van der Waals surface area contributed by atoms with Gasteiger partial charge in [0.25, 0.3) is 0 Å². The zero-order valence-electron chi connectivity index (χ0n) is 13.4. The van der Waals surface area contributed by atoms with Crippen LogP contribution in [0.25, 0.3) is 0 Å². The Labute approximate surface area is 121 Å². The van der Waals surface area contributed by atoms with Gasteiger partial charge >= 0.3 is 0 Å². The number of unbranched alkanes of at least 4 members (excludes halogenated alkanes) is 6. The predicted octanol–water partition coefficient (Wildman–Crippen LogP) is 5.69. The monoisotopic (exact) mass is 267 g/mol. The van der Waals surface area contributed by atoms with Crippen molar-refractivity contribution in [3.63, 3.8) is 0 Å². The molecule has 1 atom stereocenters. The predicted molar refractivity (Wildman–Crippen MR) is 86.7 cm³/mol. The minimum atomic E-state index is 1.04. The molecule has 1 nitrogen and oxygen atoms in total. The Balaban J connectivity index is 1.98. The molecule has 0 radical (unpaired) electrons. The summed E-state index contributed by atoms with van der Waals surface area (Å²) in [6.07, 6.45) is 20.4. The third kappa shape index (κ3) is 10.4. The van der Waals surface area contributed by atoms with Crippen molar-refractivity contribution in [2.75, 3.05) is 13.1 Å². The lowest BCUT2D eigenvalue weighted by atomic mass is 9.90. The number of rotatable bonds is 8. The van der Waals surface area contributed by atoms with Crippen LogP contribution in [0, 0.1) is 5.92 Å². The molecule has 1 rings (SSSR count). The van der Waals surface area contributed by atoms with Gasteiger partial charge in [-0.2, -0.15) is 0 Å². The summed E-state index contributed by atoms with van der Waals surface area (Å²) in [6, 6.07) is 0. The molecule has 1 saturated heterocycles. The average Bonchev–Trinajstić information content (AvgIpc) is 2.44. The van der Waals surface area contributed by atoms with Crippen molar-refractivity contribution in [3.05, 3.63) is 0 Å². The van der Waals surface area contributed by atoms with Gasteiger partial charge in [-0.25, -0.2) is 0 Å². The van der Waals surface area contributed by atoms with E-state index in [4.69, 9.17) is 0 Å². The van der Waals surface area contributed by atoms with Gasteiger partial charge in [-0.15, -0.1) is 0 Å². The minimum absolute atomic E-state index is 1.04. The first-order chi connectivity index (χ1) is 9.43. The van der Waals surface area contributed by atoms with E-state index in [1.54, 1.807) is 0 Å². The Morgan fingerprint density at radius 1 is 0.737 bits per heavy atom. The number of nitrogens with one attached hydrogen (secondary N) is 1. The topological polar surface area (TPSA) is 12.0 Å². The van der Waals surface area contributed by atoms with Crippen LogP contribution in [0.4, 0.5) is 0 Å². The van der Waals surface area contributed by atoms with Crippen LogP contribution in [0.15, 0.2) is 0 Å². The lowest BCUT2D eigenvalue weighted by Crippen LogP contribution is -2.19. The Kier molecular flexibility index (Phi) is 11.6. The highest BCUT2D eigenvalue weighted by Crippen LogP contribution is 2.23. The summed E-state index contributed by atoms with van der Waals surface area (Å²) in [7, 11) is 0. The molecule has 0 aromatic heterocycles. The second-order valence-corrected chi connectivity index (χ2v) is 6.52. The molecule has 0 aromatic rings. The van der Waals surface area contributed by atoms with E-state index in [1.165, 1.54) is 103 Å². The normalized spacial score (nSPS) is 22.3. The standard InChI is InChI=1S/C18H37N/c1-2-3-4-5-6-7-9-13-18-14-10-8-11-16-19-17-12-15-18/h18-19H,2-17H2,1H3/t18-/m0/s1. The van der Waals surface area contributed by atoms with E-state index in [0.717, 1.165) is 5.92 Å². The molecule has 0 saturated carbocycles. The van der Waals surface area contributed by atoms with Gasteiger partial charge in [-0.3, -0.25) is 0 Å². The van der Waals surface area contributed by atoms with Gasteiger partial charge in [0.15, 0.2) is 0 Å². The van der Waals surface area contributed by atoms with Crippen molar-refractivity contribution >= 4 is 0 Å². The van der Waals surface area contributed by atoms with Gasteiger partial charge in [0.05, 0.1) is 0 Å². The molecule has 0 amide bonds. The quantitative estimate of drug-likeness (QED) is 0.557. The van der Waals surface area contributed by atoms with Crippen LogP contribution in [-0.4, -0.2) is 13.1 Å². The lowest BCUT2D eigenvalue weighted by Gasteiger charge is -2.18. The second-order valence-electron chi connectivity index (χ2n) is 6.52. The first-order valence-corrected chi connectivity index (χ1v) is 9.14. The van der Waals surface area contributed by atoms with Crippen LogP contribution in [0.2, 0.25) is 0 Å². The third-order valence-corrected chi connectivity index (χ3v) is 4.65. The van der Waals surface area contributed by atoms with Gasteiger partial charge < -0.3 is 5.32 Å². The molecule has 1 N–H and O–H groups in total. The van der Waals surface area contributed by atoms with Gasteiger partial charge in [-0.05, 0) is 38.3 Å². The molecular formula is C18H37N. The van der Waals surface area contributed by atoms with Crippen molar-refractivity contribution in [1.29, 1.82) is 0 Å². The number of hydrogen-bond donors (Lipinski definition) is 1. The molecule has 0 aromatic carbocycles. The highest BCUT2D eigenvalue weighted by Gasteiger charge is 2.09. The van der Waals surface area contributed by atoms with E-state index >= 15 is 0 Å². The largest absolute Gasteiger partial charge is 0.317 e. The van der Waals surface area contributed by atoms with Gasteiger partial charge in [0.2, 0.25) is 0 Å². The molecular weight excluding hydrogens is 230 g/mol. The zero-order valence-corrected chi connectivity index (χ0v) is 13.4. The molecule has 114 valence electrons. The number of hydrogen-bond acceptors (Lipinski definition) is 1. The second kappa shape index (κ2) is 13.0. The molecule has 0 unspecified atom stereocenters. The Hall–Kier alpha value is -0.0400. The molecule has 1 heterocycles. The van der Waals surface area contributed by atoms with Crippen LogP contribution in [-0.2, 0) is 0 Å². The molecule has 19 heavy (non-hydrogen) atoms. The van der Waals surface area contributed by atoms with E-state index in [0.29, 0.717) is 0 Å². The molecule has 0 aliphatic carbocycles. The average molecular weight is 268 g/mol. The van der Waals surface area contributed by atoms with E-state index in [-0.39, 0.29) is 0 Å². The van der Waals surface area contributed by atoms with Crippen molar-refractivity contribution in [3.8, 4) is 0 Å². The van der Waals surface area contributed by atoms with Crippen molar-refractivity contribution in [2.45, 2.75) is 96.8 Å². The van der Waals surface area contributed by atoms with Gasteiger partial charge in [-0.1, -0.05) is 77.6 Å². The highest BCUT2D eigenvalue weighted by molar-refractivity contribution is 4.64. The first kappa shape index (κ1) is 17.0. The van der Waals surface area contributed by atoms with E-state index < -0.39 is 0 Å². The van der Waals surface area contributed by atoms with Gasteiger partial charge in [0.1, 0.15) is 0 Å². The summed E-state index contributed by atoms with van der Waals surface area (Å²) in [5.41, 5.74) is 0. The summed E-state index contributed by atoms with van der Waals surface area (Å²) in [5.74, 6) is 1.04. The fourth-order valence-corrected chi connectivity index (χ4v) is 3.32. The molecule has 0 bridgehead atoms.